The predicted molar refractivity (Wildman–Crippen MR) is 78.1 cm³/mol. The van der Waals surface area contributed by atoms with E-state index in [1.165, 1.54) is 23.5 Å². The van der Waals surface area contributed by atoms with E-state index in [-0.39, 0.29) is 0 Å². The Morgan fingerprint density at radius 2 is 2.35 bits per heavy atom. The third-order valence-corrected chi connectivity index (χ3v) is 4.48. The normalized spacial score (nSPS) is 15.2. The molecular formula is C14H19N3O2S. The minimum Gasteiger partial charge on any atom is -0.377 e. The first-order valence-corrected chi connectivity index (χ1v) is 7.72. The van der Waals surface area contributed by atoms with Crippen molar-refractivity contribution < 1.29 is 9.26 Å². The van der Waals surface area contributed by atoms with Gasteiger partial charge in [0, 0.05) is 19.7 Å². The zero-order valence-corrected chi connectivity index (χ0v) is 12.7. The van der Waals surface area contributed by atoms with Crippen LogP contribution in [0.15, 0.2) is 10.6 Å². The van der Waals surface area contributed by atoms with Crippen molar-refractivity contribution in [2.75, 3.05) is 18.6 Å². The minimum absolute atomic E-state index is 0.470. The van der Waals surface area contributed by atoms with E-state index in [9.17, 15) is 0 Å². The SMILES string of the molecule is COCc1cc(CN2CCCCc3nc(C)sc32)no1. The molecule has 1 aliphatic heterocycles. The minimum atomic E-state index is 0.470. The summed E-state index contributed by atoms with van der Waals surface area (Å²) >= 11 is 1.78. The van der Waals surface area contributed by atoms with Gasteiger partial charge in [-0.15, -0.1) is 11.3 Å². The molecule has 0 aromatic carbocycles. The standard InChI is InChI=1S/C14H19N3O2S/c1-10-15-13-5-3-4-6-17(14(13)20-10)8-11-7-12(9-18-2)19-16-11/h7H,3-6,8-9H2,1-2H3. The third kappa shape index (κ3) is 2.86. The van der Waals surface area contributed by atoms with Gasteiger partial charge in [0.2, 0.25) is 0 Å². The largest absolute Gasteiger partial charge is 0.377 e. The fraction of sp³-hybridized carbons (Fsp3) is 0.571. The molecule has 3 heterocycles. The first kappa shape index (κ1) is 13.6. The Hall–Kier alpha value is -1.40. The van der Waals surface area contributed by atoms with E-state index in [1.54, 1.807) is 18.4 Å². The van der Waals surface area contributed by atoms with Gasteiger partial charge in [-0.25, -0.2) is 4.98 Å². The average Bonchev–Trinajstić information content (AvgIpc) is 2.96. The lowest BCUT2D eigenvalue weighted by Crippen LogP contribution is -2.22. The van der Waals surface area contributed by atoms with Crippen LogP contribution < -0.4 is 4.90 Å². The second kappa shape index (κ2) is 5.93. The van der Waals surface area contributed by atoms with Crippen LogP contribution in [0, 0.1) is 6.92 Å². The number of aromatic nitrogens is 2. The number of anilines is 1. The van der Waals surface area contributed by atoms with Gasteiger partial charge in [0.15, 0.2) is 5.76 Å². The molecule has 0 atom stereocenters. The van der Waals surface area contributed by atoms with Gasteiger partial charge in [0.1, 0.15) is 17.3 Å². The Labute approximate surface area is 122 Å². The van der Waals surface area contributed by atoms with Crippen LogP contribution in [-0.4, -0.2) is 23.8 Å². The van der Waals surface area contributed by atoms with Crippen molar-refractivity contribution in [3.63, 3.8) is 0 Å². The van der Waals surface area contributed by atoms with Gasteiger partial charge in [0.25, 0.3) is 0 Å². The molecule has 0 saturated carbocycles. The molecule has 0 aliphatic carbocycles. The molecule has 20 heavy (non-hydrogen) atoms. The van der Waals surface area contributed by atoms with Crippen molar-refractivity contribution in [2.24, 2.45) is 0 Å². The summed E-state index contributed by atoms with van der Waals surface area (Å²) in [6.45, 7) is 4.38. The molecule has 0 N–H and O–H groups in total. The van der Waals surface area contributed by atoms with Crippen LogP contribution in [0.1, 0.15) is 35.0 Å². The third-order valence-electron chi connectivity index (χ3n) is 3.41. The first-order valence-electron chi connectivity index (χ1n) is 6.91. The highest BCUT2D eigenvalue weighted by Gasteiger charge is 2.20. The topological polar surface area (TPSA) is 51.4 Å². The lowest BCUT2D eigenvalue weighted by atomic mass is 10.2. The van der Waals surface area contributed by atoms with E-state index < -0.39 is 0 Å². The van der Waals surface area contributed by atoms with Crippen molar-refractivity contribution in [2.45, 2.75) is 39.3 Å². The monoisotopic (exact) mass is 293 g/mol. The van der Waals surface area contributed by atoms with E-state index in [0.717, 1.165) is 36.0 Å². The van der Waals surface area contributed by atoms with E-state index in [1.807, 2.05) is 6.07 Å². The predicted octanol–water partition coefficient (Wildman–Crippen LogP) is 2.93. The highest BCUT2D eigenvalue weighted by Crippen LogP contribution is 2.33. The van der Waals surface area contributed by atoms with Gasteiger partial charge in [-0.2, -0.15) is 0 Å². The molecule has 0 unspecified atom stereocenters. The van der Waals surface area contributed by atoms with Crippen molar-refractivity contribution in [1.82, 2.24) is 10.1 Å². The van der Waals surface area contributed by atoms with Crippen molar-refractivity contribution in [1.29, 1.82) is 0 Å². The van der Waals surface area contributed by atoms with Crippen LogP contribution >= 0.6 is 11.3 Å². The van der Waals surface area contributed by atoms with E-state index in [0.29, 0.717) is 6.61 Å². The molecule has 1 aliphatic rings. The smallest absolute Gasteiger partial charge is 0.162 e. The second-order valence-corrected chi connectivity index (χ2v) is 6.26. The molecule has 3 rings (SSSR count). The number of ether oxygens (including phenoxy) is 1. The van der Waals surface area contributed by atoms with Crippen molar-refractivity contribution in [3.05, 3.63) is 28.2 Å². The molecule has 0 saturated heterocycles. The van der Waals surface area contributed by atoms with Crippen molar-refractivity contribution in [3.8, 4) is 0 Å². The summed E-state index contributed by atoms with van der Waals surface area (Å²) in [5.41, 5.74) is 2.20. The molecule has 0 bridgehead atoms. The Morgan fingerprint density at radius 1 is 1.45 bits per heavy atom. The molecular weight excluding hydrogens is 274 g/mol. The number of rotatable bonds is 4. The first-order chi connectivity index (χ1) is 9.76. The van der Waals surface area contributed by atoms with Crippen molar-refractivity contribution >= 4 is 16.3 Å². The Kier molecular flexibility index (Phi) is 4.03. The fourth-order valence-corrected chi connectivity index (χ4v) is 3.54. The summed E-state index contributed by atoms with van der Waals surface area (Å²) in [4.78, 5) is 7.03. The maximum absolute atomic E-state index is 5.26. The maximum atomic E-state index is 5.26. The van der Waals surface area contributed by atoms with Gasteiger partial charge in [0.05, 0.1) is 17.2 Å². The number of fused-ring (bicyclic) bond motifs is 1. The number of nitrogens with zero attached hydrogens (tertiary/aromatic N) is 3. The summed E-state index contributed by atoms with van der Waals surface area (Å²) < 4.78 is 10.3. The lowest BCUT2D eigenvalue weighted by molar-refractivity contribution is 0.156. The van der Waals surface area contributed by atoms with Crippen LogP contribution in [0.5, 0.6) is 0 Å². The van der Waals surface area contributed by atoms with Crippen LogP contribution in [0.4, 0.5) is 5.00 Å². The average molecular weight is 293 g/mol. The van der Waals surface area contributed by atoms with E-state index in [4.69, 9.17) is 9.26 Å². The fourth-order valence-electron chi connectivity index (χ4n) is 2.55. The summed E-state index contributed by atoms with van der Waals surface area (Å²) in [7, 11) is 1.66. The highest BCUT2D eigenvalue weighted by atomic mass is 32.1. The summed E-state index contributed by atoms with van der Waals surface area (Å²) in [6, 6.07) is 1.97. The summed E-state index contributed by atoms with van der Waals surface area (Å²) in [5, 5.41) is 6.57. The number of thiazole rings is 1. The molecule has 0 fully saturated rings. The molecule has 108 valence electrons. The molecule has 2 aromatic heterocycles. The summed E-state index contributed by atoms with van der Waals surface area (Å²) in [5.74, 6) is 0.776. The van der Waals surface area contributed by atoms with Gasteiger partial charge in [-0.05, 0) is 26.2 Å². The molecule has 0 spiro atoms. The number of hydrogen-bond donors (Lipinski definition) is 0. The zero-order chi connectivity index (χ0) is 13.9. The van der Waals surface area contributed by atoms with Gasteiger partial charge < -0.3 is 14.2 Å². The van der Waals surface area contributed by atoms with Gasteiger partial charge in [-0.3, -0.25) is 0 Å². The Bertz CT molecular complexity index is 579. The Morgan fingerprint density at radius 3 is 3.20 bits per heavy atom. The number of methoxy groups -OCH3 is 1. The number of hydrogen-bond acceptors (Lipinski definition) is 6. The summed E-state index contributed by atoms with van der Waals surface area (Å²) in [6.07, 6.45) is 3.50. The van der Waals surface area contributed by atoms with E-state index in [2.05, 4.69) is 22.0 Å². The number of aryl methyl sites for hydroxylation is 2. The molecule has 2 aromatic rings. The molecule has 0 radical (unpaired) electrons. The quantitative estimate of drug-likeness (QED) is 0.867. The second-order valence-electron chi connectivity index (χ2n) is 5.08. The van der Waals surface area contributed by atoms with Crippen LogP contribution in [0.25, 0.3) is 0 Å². The molecule has 6 heteroatoms. The van der Waals surface area contributed by atoms with E-state index >= 15 is 0 Å². The highest BCUT2D eigenvalue weighted by molar-refractivity contribution is 7.15. The lowest BCUT2D eigenvalue weighted by Gasteiger charge is -2.20. The van der Waals surface area contributed by atoms with Crippen LogP contribution in [-0.2, 0) is 24.3 Å². The maximum Gasteiger partial charge on any atom is 0.162 e. The zero-order valence-electron chi connectivity index (χ0n) is 11.9. The molecule has 0 amide bonds. The molecule has 5 nitrogen and oxygen atoms in total. The van der Waals surface area contributed by atoms with Crippen LogP contribution in [0.3, 0.4) is 0 Å². The van der Waals surface area contributed by atoms with Gasteiger partial charge >= 0.3 is 0 Å². The van der Waals surface area contributed by atoms with Gasteiger partial charge in [-0.1, -0.05) is 5.16 Å². The van der Waals surface area contributed by atoms with Crippen LogP contribution in [0.2, 0.25) is 0 Å². The Balaban J connectivity index is 1.78.